The molecule has 2 unspecified atom stereocenters. The Morgan fingerprint density at radius 1 is 1.56 bits per heavy atom. The minimum absolute atomic E-state index is 0. The van der Waals surface area contributed by atoms with Crippen LogP contribution in [-0.2, 0) is 0 Å². The van der Waals surface area contributed by atoms with Gasteiger partial charge in [-0.05, 0) is 25.5 Å². The first-order valence-corrected chi connectivity index (χ1v) is 6.52. The Balaban J connectivity index is 0.00000225. The molecule has 92 valence electrons. The largest absolute Gasteiger partial charge is 0.354 e. The van der Waals surface area contributed by atoms with Crippen LogP contribution in [0.2, 0.25) is 0 Å². The van der Waals surface area contributed by atoms with Crippen LogP contribution in [0.25, 0.3) is 0 Å². The summed E-state index contributed by atoms with van der Waals surface area (Å²) in [6, 6.07) is 0.548. The molecule has 0 heterocycles. The van der Waals surface area contributed by atoms with Gasteiger partial charge in [-0.2, -0.15) is 11.8 Å². The van der Waals surface area contributed by atoms with Gasteiger partial charge in [-0.25, -0.2) is 0 Å². The number of guanidine groups is 1. The third-order valence-electron chi connectivity index (χ3n) is 2.64. The van der Waals surface area contributed by atoms with Crippen LogP contribution in [0.1, 0.15) is 19.3 Å². The highest BCUT2D eigenvalue weighted by Crippen LogP contribution is 2.27. The van der Waals surface area contributed by atoms with Gasteiger partial charge in [-0.3, -0.25) is 4.99 Å². The van der Waals surface area contributed by atoms with E-state index in [2.05, 4.69) is 27.8 Å². The van der Waals surface area contributed by atoms with Gasteiger partial charge in [0.25, 0.3) is 0 Å². The Morgan fingerprint density at radius 3 is 2.81 bits per heavy atom. The molecule has 5 heteroatoms. The molecule has 1 fully saturated rings. The second-order valence-electron chi connectivity index (χ2n) is 3.64. The maximum Gasteiger partial charge on any atom is 0.191 e. The Kier molecular flexibility index (Phi) is 8.94. The lowest BCUT2D eigenvalue weighted by atomic mass is 10.2. The van der Waals surface area contributed by atoms with E-state index in [1.165, 1.54) is 19.3 Å². The second-order valence-corrected chi connectivity index (χ2v) is 4.78. The molecular formula is C11H20IN3S. The number of thioether (sulfide) groups is 1. The van der Waals surface area contributed by atoms with Gasteiger partial charge in [0.15, 0.2) is 5.96 Å². The summed E-state index contributed by atoms with van der Waals surface area (Å²) in [5.74, 6) is 3.36. The molecule has 0 aromatic carbocycles. The quantitative estimate of drug-likeness (QED) is 0.351. The van der Waals surface area contributed by atoms with Crippen molar-refractivity contribution in [3.63, 3.8) is 0 Å². The van der Waals surface area contributed by atoms with Crippen molar-refractivity contribution >= 4 is 41.7 Å². The van der Waals surface area contributed by atoms with Gasteiger partial charge in [0.05, 0.1) is 6.54 Å². The molecule has 0 aliphatic heterocycles. The van der Waals surface area contributed by atoms with Gasteiger partial charge in [-0.15, -0.1) is 30.4 Å². The normalized spacial score (nSPS) is 24.4. The number of terminal acetylenes is 1. The van der Waals surface area contributed by atoms with E-state index in [1.54, 1.807) is 7.05 Å². The maximum absolute atomic E-state index is 5.18. The number of nitrogens with zero attached hydrogens (tertiary/aromatic N) is 1. The van der Waals surface area contributed by atoms with Crippen molar-refractivity contribution in [2.75, 3.05) is 19.8 Å². The van der Waals surface area contributed by atoms with Gasteiger partial charge >= 0.3 is 0 Å². The van der Waals surface area contributed by atoms with Crippen LogP contribution in [0, 0.1) is 12.3 Å². The summed E-state index contributed by atoms with van der Waals surface area (Å²) < 4.78 is 0. The summed E-state index contributed by atoms with van der Waals surface area (Å²) in [5.41, 5.74) is 0. The maximum atomic E-state index is 5.18. The predicted molar refractivity (Wildman–Crippen MR) is 83.7 cm³/mol. The monoisotopic (exact) mass is 353 g/mol. The molecule has 2 atom stereocenters. The summed E-state index contributed by atoms with van der Waals surface area (Å²) in [5, 5.41) is 7.27. The smallest absolute Gasteiger partial charge is 0.191 e. The first-order chi connectivity index (χ1) is 7.30. The van der Waals surface area contributed by atoms with Gasteiger partial charge in [-0.1, -0.05) is 5.92 Å². The number of rotatable bonds is 3. The summed E-state index contributed by atoms with van der Waals surface area (Å²) >= 11 is 1.96. The SMILES string of the molecule is C#CCNC(=NC)NC1CCC(SC)C1.I. The first-order valence-electron chi connectivity index (χ1n) is 5.23. The van der Waals surface area contributed by atoms with Crippen LogP contribution in [0.15, 0.2) is 4.99 Å². The Morgan fingerprint density at radius 2 is 2.31 bits per heavy atom. The Hall–Kier alpha value is -0.0900. The average molecular weight is 353 g/mol. The van der Waals surface area contributed by atoms with E-state index in [4.69, 9.17) is 6.42 Å². The van der Waals surface area contributed by atoms with Crippen molar-refractivity contribution < 1.29 is 0 Å². The molecule has 1 aliphatic carbocycles. The van der Waals surface area contributed by atoms with Crippen molar-refractivity contribution in [3.8, 4) is 12.3 Å². The van der Waals surface area contributed by atoms with E-state index in [-0.39, 0.29) is 24.0 Å². The molecular weight excluding hydrogens is 333 g/mol. The lowest BCUT2D eigenvalue weighted by molar-refractivity contribution is 0.619. The van der Waals surface area contributed by atoms with Crippen LogP contribution in [0.3, 0.4) is 0 Å². The van der Waals surface area contributed by atoms with Crippen LogP contribution in [0.4, 0.5) is 0 Å². The van der Waals surface area contributed by atoms with Gasteiger partial charge in [0.2, 0.25) is 0 Å². The van der Waals surface area contributed by atoms with Crippen molar-refractivity contribution in [1.82, 2.24) is 10.6 Å². The fraction of sp³-hybridized carbons (Fsp3) is 0.727. The molecule has 0 bridgehead atoms. The Labute approximate surface area is 120 Å². The molecule has 0 saturated heterocycles. The van der Waals surface area contributed by atoms with Crippen LogP contribution in [-0.4, -0.2) is 37.1 Å². The van der Waals surface area contributed by atoms with Crippen LogP contribution < -0.4 is 10.6 Å². The number of hydrogen-bond acceptors (Lipinski definition) is 2. The Bertz CT molecular complexity index is 262. The minimum atomic E-state index is 0. The summed E-state index contributed by atoms with van der Waals surface area (Å²) in [6.07, 6.45) is 11.1. The summed E-state index contributed by atoms with van der Waals surface area (Å²) in [6.45, 7) is 0.526. The van der Waals surface area contributed by atoms with Gasteiger partial charge in [0.1, 0.15) is 0 Å². The fourth-order valence-corrected chi connectivity index (χ4v) is 2.60. The minimum Gasteiger partial charge on any atom is -0.354 e. The van der Waals surface area contributed by atoms with E-state index in [0.717, 1.165) is 11.2 Å². The van der Waals surface area contributed by atoms with Gasteiger partial charge < -0.3 is 10.6 Å². The molecule has 16 heavy (non-hydrogen) atoms. The molecule has 1 saturated carbocycles. The predicted octanol–water partition coefficient (Wildman–Crippen LogP) is 1.69. The summed E-state index contributed by atoms with van der Waals surface area (Å²) in [4.78, 5) is 4.13. The number of hydrogen-bond donors (Lipinski definition) is 2. The molecule has 0 aromatic rings. The number of aliphatic imine (C=N–C) groups is 1. The van der Waals surface area contributed by atoms with Crippen molar-refractivity contribution in [1.29, 1.82) is 0 Å². The molecule has 0 spiro atoms. The van der Waals surface area contributed by atoms with Crippen molar-refractivity contribution in [3.05, 3.63) is 0 Å². The van der Waals surface area contributed by atoms with Crippen LogP contribution >= 0.6 is 35.7 Å². The van der Waals surface area contributed by atoms with Crippen LogP contribution in [0.5, 0.6) is 0 Å². The standard InChI is InChI=1S/C11H19N3S.HI/c1-4-7-13-11(12-2)14-9-5-6-10(8-9)15-3;/h1,9-10H,5-8H2,2-3H3,(H2,12,13,14);1H. The van der Waals surface area contributed by atoms with E-state index in [9.17, 15) is 0 Å². The van der Waals surface area contributed by atoms with Gasteiger partial charge in [0, 0.05) is 18.3 Å². The fourth-order valence-electron chi connectivity index (χ4n) is 1.81. The lowest BCUT2D eigenvalue weighted by Crippen LogP contribution is -2.42. The van der Waals surface area contributed by atoms with E-state index < -0.39 is 0 Å². The highest BCUT2D eigenvalue weighted by Gasteiger charge is 2.24. The molecule has 0 amide bonds. The first kappa shape index (κ1) is 15.9. The number of nitrogens with one attached hydrogen (secondary N) is 2. The molecule has 1 aliphatic rings. The second kappa shape index (κ2) is 8.99. The zero-order valence-corrected chi connectivity index (χ0v) is 13.0. The number of halogens is 1. The molecule has 1 rings (SSSR count). The van der Waals surface area contributed by atoms with E-state index in [1.807, 2.05) is 11.8 Å². The van der Waals surface area contributed by atoms with E-state index in [0.29, 0.717) is 12.6 Å². The highest BCUT2D eigenvalue weighted by atomic mass is 127. The third kappa shape index (κ3) is 5.30. The third-order valence-corrected chi connectivity index (χ3v) is 3.74. The average Bonchev–Trinajstić information content (AvgIpc) is 2.71. The zero-order chi connectivity index (χ0) is 11.1. The topological polar surface area (TPSA) is 36.4 Å². The van der Waals surface area contributed by atoms with Crippen molar-refractivity contribution in [2.45, 2.75) is 30.6 Å². The van der Waals surface area contributed by atoms with Crippen molar-refractivity contribution in [2.24, 2.45) is 4.99 Å². The van der Waals surface area contributed by atoms with E-state index >= 15 is 0 Å². The molecule has 0 radical (unpaired) electrons. The highest BCUT2D eigenvalue weighted by molar-refractivity contribution is 14.0. The zero-order valence-electron chi connectivity index (χ0n) is 9.82. The molecule has 2 N–H and O–H groups in total. The summed E-state index contributed by atoms with van der Waals surface area (Å²) in [7, 11) is 1.77. The molecule has 0 aromatic heterocycles. The molecule has 3 nitrogen and oxygen atoms in total. The lowest BCUT2D eigenvalue weighted by Gasteiger charge is -2.16.